The van der Waals surface area contributed by atoms with Crippen LogP contribution in [0.2, 0.25) is 0 Å². The Morgan fingerprint density at radius 3 is 2.34 bits per heavy atom. The highest BCUT2D eigenvalue weighted by molar-refractivity contribution is 6.39. The summed E-state index contributed by atoms with van der Waals surface area (Å²) < 4.78 is 37.6. The van der Waals surface area contributed by atoms with E-state index in [4.69, 9.17) is 0 Å². The van der Waals surface area contributed by atoms with E-state index in [1.165, 1.54) is 0 Å². The molecule has 2 aromatic rings. The molecule has 3 rings (SSSR count). The molecule has 154 valence electrons. The third kappa shape index (κ3) is 5.66. The summed E-state index contributed by atoms with van der Waals surface area (Å²) >= 11 is 0. The van der Waals surface area contributed by atoms with Gasteiger partial charge in [0.1, 0.15) is 5.82 Å². The van der Waals surface area contributed by atoms with Crippen molar-refractivity contribution in [3.8, 4) is 0 Å². The van der Waals surface area contributed by atoms with E-state index < -0.39 is 23.6 Å². The number of benzene rings is 1. The van der Waals surface area contributed by atoms with Gasteiger partial charge in [-0.15, -0.1) is 0 Å². The molecule has 0 unspecified atom stereocenters. The van der Waals surface area contributed by atoms with E-state index in [0.29, 0.717) is 6.54 Å². The first-order valence-corrected chi connectivity index (χ1v) is 9.10. The van der Waals surface area contributed by atoms with E-state index >= 15 is 0 Å². The third-order valence-electron chi connectivity index (χ3n) is 4.72. The number of carbonyl (C=O) groups excluding carboxylic acids is 2. The van der Waals surface area contributed by atoms with E-state index in [9.17, 15) is 22.8 Å². The van der Waals surface area contributed by atoms with Crippen molar-refractivity contribution in [3.63, 3.8) is 0 Å². The minimum Gasteiger partial charge on any atom is -0.355 e. The average molecular weight is 407 g/mol. The molecule has 0 bridgehead atoms. The molecule has 7 nitrogen and oxygen atoms in total. The van der Waals surface area contributed by atoms with Crippen LogP contribution in [0, 0.1) is 5.92 Å². The van der Waals surface area contributed by atoms with Gasteiger partial charge in [0.05, 0.1) is 11.8 Å². The maximum atomic E-state index is 12.5. The molecule has 2 amide bonds. The van der Waals surface area contributed by atoms with Crippen molar-refractivity contribution < 1.29 is 22.8 Å². The summed E-state index contributed by atoms with van der Waals surface area (Å²) in [5.74, 6) is -0.695. The molecule has 1 aromatic heterocycles. The number of piperidine rings is 1. The molecule has 2 N–H and O–H groups in total. The molecule has 0 spiro atoms. The Bertz CT molecular complexity index is 835. The van der Waals surface area contributed by atoms with Gasteiger partial charge >= 0.3 is 18.0 Å². The van der Waals surface area contributed by atoms with Crippen LogP contribution >= 0.6 is 0 Å². The van der Waals surface area contributed by atoms with E-state index in [0.717, 1.165) is 56.0 Å². The summed E-state index contributed by atoms with van der Waals surface area (Å²) in [6, 6.07) is 3.91. The normalized spacial score (nSPS) is 15.1. The monoisotopic (exact) mass is 407 g/mol. The van der Waals surface area contributed by atoms with Crippen molar-refractivity contribution in [1.82, 2.24) is 15.3 Å². The second kappa shape index (κ2) is 8.89. The predicted octanol–water partition coefficient (Wildman–Crippen LogP) is 2.47. The van der Waals surface area contributed by atoms with E-state index in [1.54, 1.807) is 18.6 Å². The van der Waals surface area contributed by atoms with Crippen molar-refractivity contribution in [2.75, 3.05) is 29.9 Å². The van der Waals surface area contributed by atoms with Crippen LogP contribution < -0.4 is 15.5 Å². The van der Waals surface area contributed by atoms with Crippen molar-refractivity contribution >= 4 is 23.3 Å². The number of carbonyl (C=O) groups is 2. The fraction of sp³-hybridized carbons (Fsp3) is 0.368. The molecule has 0 atom stereocenters. The Balaban J connectivity index is 1.42. The van der Waals surface area contributed by atoms with Crippen molar-refractivity contribution in [3.05, 3.63) is 48.4 Å². The summed E-state index contributed by atoms with van der Waals surface area (Å²) in [5, 5.41) is 4.88. The second-order valence-corrected chi connectivity index (χ2v) is 6.73. The van der Waals surface area contributed by atoms with Crippen LogP contribution in [0.15, 0.2) is 42.9 Å². The molecule has 0 aliphatic carbocycles. The first-order chi connectivity index (χ1) is 13.8. The lowest BCUT2D eigenvalue weighted by molar-refractivity contribution is -0.137. The minimum absolute atomic E-state index is 0.121. The highest BCUT2D eigenvalue weighted by Gasteiger charge is 2.30. The highest BCUT2D eigenvalue weighted by Crippen LogP contribution is 2.29. The van der Waals surface area contributed by atoms with Gasteiger partial charge in [-0.1, -0.05) is 0 Å². The number of anilines is 2. The fourth-order valence-corrected chi connectivity index (χ4v) is 3.07. The van der Waals surface area contributed by atoms with Gasteiger partial charge < -0.3 is 15.5 Å². The highest BCUT2D eigenvalue weighted by atomic mass is 19.4. The number of hydrogen-bond donors (Lipinski definition) is 2. The molecular weight excluding hydrogens is 387 g/mol. The maximum absolute atomic E-state index is 12.5. The van der Waals surface area contributed by atoms with Crippen molar-refractivity contribution in [2.24, 2.45) is 5.92 Å². The lowest BCUT2D eigenvalue weighted by Gasteiger charge is -2.32. The Kier molecular flexibility index (Phi) is 6.30. The van der Waals surface area contributed by atoms with Crippen molar-refractivity contribution in [2.45, 2.75) is 19.0 Å². The van der Waals surface area contributed by atoms with Gasteiger partial charge in [0.15, 0.2) is 0 Å². The summed E-state index contributed by atoms with van der Waals surface area (Å²) in [6.07, 6.45) is 2.16. The van der Waals surface area contributed by atoms with Crippen LogP contribution in [0.25, 0.3) is 0 Å². The van der Waals surface area contributed by atoms with Crippen LogP contribution in [0.1, 0.15) is 18.4 Å². The van der Waals surface area contributed by atoms with Gasteiger partial charge in [0, 0.05) is 37.7 Å². The number of hydrogen-bond acceptors (Lipinski definition) is 5. The Labute approximate surface area is 165 Å². The zero-order valence-corrected chi connectivity index (χ0v) is 15.4. The van der Waals surface area contributed by atoms with Crippen molar-refractivity contribution in [1.29, 1.82) is 0 Å². The Morgan fingerprint density at radius 2 is 1.76 bits per heavy atom. The van der Waals surface area contributed by atoms with Gasteiger partial charge in [-0.3, -0.25) is 14.6 Å². The first kappa shape index (κ1) is 20.6. The topological polar surface area (TPSA) is 87.2 Å². The third-order valence-corrected chi connectivity index (χ3v) is 4.72. The Morgan fingerprint density at radius 1 is 1.07 bits per heavy atom. The lowest BCUT2D eigenvalue weighted by atomic mass is 9.97. The number of nitrogens with one attached hydrogen (secondary N) is 2. The van der Waals surface area contributed by atoms with Crippen LogP contribution in [0.5, 0.6) is 0 Å². The Hall–Kier alpha value is -3.17. The number of amides is 2. The molecule has 1 aromatic carbocycles. The molecule has 0 saturated carbocycles. The standard InChI is InChI=1S/C19H20F3N5O2/c20-19(21,22)14-1-3-15(4-2-14)26-18(29)17(28)25-11-13-5-9-27(10-6-13)16-12-23-7-8-24-16/h1-4,7-8,12-13H,5-6,9-11H2,(H,25,28)(H,26,29). The molecule has 0 radical (unpaired) electrons. The molecule has 1 saturated heterocycles. The number of alkyl halides is 3. The second-order valence-electron chi connectivity index (χ2n) is 6.73. The van der Waals surface area contributed by atoms with Crippen LogP contribution in [0.4, 0.5) is 24.7 Å². The van der Waals surface area contributed by atoms with Crippen LogP contribution in [-0.4, -0.2) is 41.4 Å². The smallest absolute Gasteiger partial charge is 0.355 e. The van der Waals surface area contributed by atoms with E-state index in [-0.39, 0.29) is 11.6 Å². The quantitative estimate of drug-likeness (QED) is 0.761. The number of halogens is 3. The molecule has 10 heteroatoms. The first-order valence-electron chi connectivity index (χ1n) is 9.10. The van der Waals surface area contributed by atoms with Crippen LogP contribution in [0.3, 0.4) is 0 Å². The molecule has 1 fully saturated rings. The molecule has 1 aliphatic rings. The van der Waals surface area contributed by atoms with Gasteiger partial charge in [0.25, 0.3) is 0 Å². The zero-order chi connectivity index (χ0) is 20.9. The number of nitrogens with zero attached hydrogens (tertiary/aromatic N) is 3. The summed E-state index contributed by atoms with van der Waals surface area (Å²) in [7, 11) is 0. The van der Waals surface area contributed by atoms with Gasteiger partial charge in [-0.25, -0.2) is 4.98 Å². The van der Waals surface area contributed by atoms with Gasteiger partial charge in [-0.2, -0.15) is 13.2 Å². The van der Waals surface area contributed by atoms with E-state index in [1.807, 2.05) is 0 Å². The fourth-order valence-electron chi connectivity index (χ4n) is 3.07. The SMILES string of the molecule is O=C(NCC1CCN(c2cnccn2)CC1)C(=O)Nc1ccc(C(F)(F)F)cc1. The summed E-state index contributed by atoms with van der Waals surface area (Å²) in [6.45, 7) is 1.90. The summed E-state index contributed by atoms with van der Waals surface area (Å²) in [4.78, 5) is 34.3. The molecule has 29 heavy (non-hydrogen) atoms. The predicted molar refractivity (Wildman–Crippen MR) is 100 cm³/mol. The molecular formula is C19H20F3N5O2. The minimum atomic E-state index is -4.46. The molecule has 2 heterocycles. The van der Waals surface area contributed by atoms with Crippen LogP contribution in [-0.2, 0) is 15.8 Å². The number of aromatic nitrogens is 2. The van der Waals surface area contributed by atoms with Gasteiger partial charge in [0.2, 0.25) is 0 Å². The van der Waals surface area contributed by atoms with E-state index in [2.05, 4.69) is 25.5 Å². The number of rotatable bonds is 4. The van der Waals surface area contributed by atoms with Gasteiger partial charge in [-0.05, 0) is 43.0 Å². The lowest BCUT2D eigenvalue weighted by Crippen LogP contribution is -2.42. The maximum Gasteiger partial charge on any atom is 0.416 e. The largest absolute Gasteiger partial charge is 0.416 e. The summed E-state index contributed by atoms with van der Waals surface area (Å²) in [5.41, 5.74) is -0.705. The zero-order valence-electron chi connectivity index (χ0n) is 15.4. The molecule has 1 aliphatic heterocycles. The average Bonchev–Trinajstić information content (AvgIpc) is 2.72.